The van der Waals surface area contributed by atoms with E-state index < -0.39 is 17.7 Å². The van der Waals surface area contributed by atoms with Gasteiger partial charge >= 0.3 is 11.8 Å². The van der Waals surface area contributed by atoms with E-state index in [4.69, 9.17) is 10.7 Å². The number of nitrogens with two attached hydrogens (primary N) is 1. The highest BCUT2D eigenvalue weighted by Crippen LogP contribution is 2.38. The van der Waals surface area contributed by atoms with Crippen molar-refractivity contribution in [2.75, 3.05) is 32.0 Å². The number of benzene rings is 1. The fourth-order valence-electron chi connectivity index (χ4n) is 5.28. The van der Waals surface area contributed by atoms with Crippen molar-refractivity contribution in [1.82, 2.24) is 19.8 Å². The van der Waals surface area contributed by atoms with Gasteiger partial charge in [-0.25, -0.2) is 4.98 Å². The lowest BCUT2D eigenvalue weighted by molar-refractivity contribution is -0.146. The molecule has 3 amide bonds. The molecule has 3 N–H and O–H groups in total. The van der Waals surface area contributed by atoms with Crippen molar-refractivity contribution in [3.8, 4) is 0 Å². The molecule has 0 bridgehead atoms. The van der Waals surface area contributed by atoms with Crippen molar-refractivity contribution in [2.24, 2.45) is 11.7 Å². The second-order valence-corrected chi connectivity index (χ2v) is 11.4. The van der Waals surface area contributed by atoms with Crippen molar-refractivity contribution in [2.45, 2.75) is 44.6 Å². The number of primary amides is 1. The van der Waals surface area contributed by atoms with Gasteiger partial charge in [0.25, 0.3) is 0 Å². The monoisotopic (exact) mass is 520 g/mol. The Hall–Kier alpha value is -3.37. The summed E-state index contributed by atoms with van der Waals surface area (Å²) in [6, 6.07) is 7.46. The van der Waals surface area contributed by atoms with Crippen LogP contribution in [0.2, 0.25) is 0 Å². The van der Waals surface area contributed by atoms with Gasteiger partial charge in [-0.05, 0) is 75.5 Å². The number of piperidine rings is 2. The number of carbonyl (C=O) groups excluding carboxylic acids is 3. The molecule has 37 heavy (non-hydrogen) atoms. The third kappa shape index (κ3) is 5.50. The van der Waals surface area contributed by atoms with Gasteiger partial charge in [-0.3, -0.25) is 19.4 Å². The Morgan fingerprint density at radius 2 is 1.86 bits per heavy atom. The van der Waals surface area contributed by atoms with Crippen LogP contribution in [0.25, 0.3) is 10.2 Å². The summed E-state index contributed by atoms with van der Waals surface area (Å²) in [5.74, 6) is -1.24. The summed E-state index contributed by atoms with van der Waals surface area (Å²) in [6.45, 7) is 4.76. The van der Waals surface area contributed by atoms with Crippen LogP contribution in [0.1, 0.15) is 65.5 Å². The number of hydrogen-bond acceptors (Lipinski definition) is 7. The molecule has 0 aliphatic carbocycles. The normalized spacial score (nSPS) is 21.2. The molecule has 1 unspecified atom stereocenters. The van der Waals surface area contributed by atoms with E-state index in [9.17, 15) is 14.4 Å². The Morgan fingerprint density at radius 3 is 2.62 bits per heavy atom. The zero-order valence-corrected chi connectivity index (χ0v) is 22.0. The van der Waals surface area contributed by atoms with Crippen LogP contribution in [-0.4, -0.2) is 64.2 Å². The van der Waals surface area contributed by atoms with E-state index in [-0.39, 0.29) is 23.2 Å². The first-order valence-electron chi connectivity index (χ1n) is 12.7. The minimum Gasteiger partial charge on any atom is -0.366 e. The molecule has 9 nitrogen and oxygen atoms in total. The number of rotatable bonds is 4. The number of carbonyl (C=O) groups is 3. The molecule has 2 aliphatic rings. The number of thiazole rings is 1. The summed E-state index contributed by atoms with van der Waals surface area (Å²) in [6.07, 6.45) is 6.69. The first-order chi connectivity index (χ1) is 17.8. The molecule has 0 saturated carbocycles. The first kappa shape index (κ1) is 25.3. The Morgan fingerprint density at radius 1 is 1.08 bits per heavy atom. The number of likely N-dealkylation sites (tertiary alicyclic amines) is 2. The zero-order chi connectivity index (χ0) is 26.1. The van der Waals surface area contributed by atoms with Gasteiger partial charge in [0.05, 0.1) is 38.7 Å². The minimum atomic E-state index is -0.762. The summed E-state index contributed by atoms with van der Waals surface area (Å²) in [4.78, 5) is 50.6. The van der Waals surface area contributed by atoms with Crippen LogP contribution in [0.4, 0.5) is 5.69 Å². The lowest BCUT2D eigenvalue weighted by atomic mass is 9.89. The van der Waals surface area contributed by atoms with Crippen molar-refractivity contribution < 1.29 is 14.4 Å². The van der Waals surface area contributed by atoms with Crippen molar-refractivity contribution in [3.05, 3.63) is 52.8 Å². The quantitative estimate of drug-likeness (QED) is 0.508. The number of aromatic nitrogens is 2. The highest BCUT2D eigenvalue weighted by atomic mass is 32.1. The fourth-order valence-corrected chi connectivity index (χ4v) is 6.40. The number of fused-ring (bicyclic) bond motifs is 1. The topological polar surface area (TPSA) is 122 Å². The van der Waals surface area contributed by atoms with Gasteiger partial charge in [-0.2, -0.15) is 0 Å². The van der Waals surface area contributed by atoms with Gasteiger partial charge in [0.2, 0.25) is 5.91 Å². The highest BCUT2D eigenvalue weighted by molar-refractivity contribution is 7.18. The summed E-state index contributed by atoms with van der Waals surface area (Å²) >= 11 is 1.76. The predicted octanol–water partition coefficient (Wildman–Crippen LogP) is 3.54. The molecule has 2 atom stereocenters. The molecule has 2 fully saturated rings. The second-order valence-electron chi connectivity index (χ2n) is 10.3. The summed E-state index contributed by atoms with van der Waals surface area (Å²) < 4.78 is 1.15. The van der Waals surface area contributed by atoms with E-state index in [1.165, 1.54) is 23.5 Å². The van der Waals surface area contributed by atoms with Crippen molar-refractivity contribution in [3.63, 3.8) is 0 Å². The number of anilines is 1. The maximum atomic E-state index is 13.3. The highest BCUT2D eigenvalue weighted by Gasteiger charge is 2.34. The third-order valence-corrected chi connectivity index (χ3v) is 8.63. The lowest BCUT2D eigenvalue weighted by Crippen LogP contribution is -2.46. The predicted molar refractivity (Wildman–Crippen MR) is 143 cm³/mol. The van der Waals surface area contributed by atoms with Crippen LogP contribution >= 0.6 is 11.3 Å². The van der Waals surface area contributed by atoms with Crippen LogP contribution < -0.4 is 11.1 Å². The molecule has 2 aromatic heterocycles. The molecule has 10 heteroatoms. The van der Waals surface area contributed by atoms with Crippen molar-refractivity contribution in [1.29, 1.82) is 0 Å². The van der Waals surface area contributed by atoms with Gasteiger partial charge in [0, 0.05) is 18.7 Å². The Bertz CT molecular complexity index is 1330. The van der Waals surface area contributed by atoms with Crippen LogP contribution in [-0.2, 0) is 9.59 Å². The van der Waals surface area contributed by atoms with E-state index in [0.29, 0.717) is 12.5 Å². The smallest absolute Gasteiger partial charge is 0.313 e. The maximum absolute atomic E-state index is 13.3. The summed E-state index contributed by atoms with van der Waals surface area (Å²) in [5, 5.41) is 3.77. The molecule has 5 rings (SSSR count). The summed E-state index contributed by atoms with van der Waals surface area (Å²) in [7, 11) is 2.16. The molecule has 1 aromatic carbocycles. The SMILES string of the molecule is C[C@H]1CCC(c2ccc3sc(C4CCN(C)CC4)nc3c2)N(C(=O)C(=O)Nc2cncc(C(N)=O)c2)C1. The molecule has 194 valence electrons. The largest absolute Gasteiger partial charge is 0.366 e. The van der Waals surface area contributed by atoms with Crippen LogP contribution in [0.3, 0.4) is 0 Å². The Balaban J connectivity index is 1.36. The first-order valence-corrected chi connectivity index (χ1v) is 13.6. The van der Waals surface area contributed by atoms with Gasteiger partial charge in [-0.15, -0.1) is 11.3 Å². The molecule has 0 radical (unpaired) electrons. The lowest BCUT2D eigenvalue weighted by Gasteiger charge is -2.38. The van der Waals surface area contributed by atoms with Gasteiger partial charge in [0.1, 0.15) is 0 Å². The van der Waals surface area contributed by atoms with Crippen LogP contribution in [0.5, 0.6) is 0 Å². The number of nitrogens with one attached hydrogen (secondary N) is 1. The van der Waals surface area contributed by atoms with Crippen molar-refractivity contribution >= 4 is 45.0 Å². The molecule has 4 heterocycles. The fraction of sp³-hybridized carbons (Fsp3) is 0.444. The third-order valence-electron chi connectivity index (χ3n) is 7.43. The van der Waals surface area contributed by atoms with Gasteiger partial charge < -0.3 is 20.9 Å². The number of nitrogens with zero attached hydrogens (tertiary/aromatic N) is 4. The Labute approximate surface area is 220 Å². The molecule has 0 spiro atoms. The average Bonchev–Trinajstić information content (AvgIpc) is 3.32. The van der Waals surface area contributed by atoms with E-state index in [1.807, 2.05) is 0 Å². The number of amides is 3. The second kappa shape index (κ2) is 10.5. The molecule has 3 aromatic rings. The minimum absolute atomic E-state index is 0.158. The maximum Gasteiger partial charge on any atom is 0.313 e. The van der Waals surface area contributed by atoms with Gasteiger partial charge in [-0.1, -0.05) is 13.0 Å². The van der Waals surface area contributed by atoms with E-state index >= 15 is 0 Å². The standard InChI is InChI=1S/C27H32N6O3S/c1-16-3-5-22(33(15-16)27(36)25(35)30-20-11-19(24(28)34)13-29-14-20)18-4-6-23-21(12-18)31-26(37-23)17-7-9-32(2)10-8-17/h4,6,11-14,16-17,22H,3,5,7-10,15H2,1-2H3,(H2,28,34)(H,30,35)/t16-,22?/m0/s1. The van der Waals surface area contributed by atoms with E-state index in [2.05, 4.69) is 47.4 Å². The molecule has 2 saturated heterocycles. The summed E-state index contributed by atoms with van der Waals surface area (Å²) in [5.41, 5.74) is 7.67. The van der Waals surface area contributed by atoms with E-state index in [1.54, 1.807) is 16.2 Å². The molecular weight excluding hydrogens is 488 g/mol. The van der Waals surface area contributed by atoms with Gasteiger partial charge in [0.15, 0.2) is 0 Å². The van der Waals surface area contributed by atoms with Crippen LogP contribution in [0.15, 0.2) is 36.7 Å². The number of pyridine rings is 1. The van der Waals surface area contributed by atoms with E-state index in [0.717, 1.165) is 54.6 Å². The molecular formula is C27H32N6O3S. The Kier molecular flexibility index (Phi) is 7.21. The number of hydrogen-bond donors (Lipinski definition) is 2. The average molecular weight is 521 g/mol. The van der Waals surface area contributed by atoms with Crippen LogP contribution in [0, 0.1) is 5.92 Å². The molecule has 2 aliphatic heterocycles. The zero-order valence-electron chi connectivity index (χ0n) is 21.1.